The van der Waals surface area contributed by atoms with Gasteiger partial charge in [-0.05, 0) is 31.5 Å². The van der Waals surface area contributed by atoms with Crippen LogP contribution in [-0.4, -0.2) is 21.2 Å². The zero-order chi connectivity index (χ0) is 11.9. The number of rotatable bonds is 2. The van der Waals surface area contributed by atoms with Gasteiger partial charge in [0.15, 0.2) is 0 Å². The third-order valence-electron chi connectivity index (χ3n) is 2.37. The Hall–Kier alpha value is -1.39. The normalized spacial score (nSPS) is 13.0. The van der Waals surface area contributed by atoms with Gasteiger partial charge < -0.3 is 5.73 Å². The molecule has 0 saturated heterocycles. The minimum Gasteiger partial charge on any atom is -0.321 e. The van der Waals surface area contributed by atoms with E-state index in [1.807, 2.05) is 19.1 Å². The van der Waals surface area contributed by atoms with E-state index in [9.17, 15) is 4.79 Å². The summed E-state index contributed by atoms with van der Waals surface area (Å²) in [6.45, 7) is 3.57. The SMILES string of the molecule is Cc1ccn2c(Cl)c(C(=O)C(C)N)nc2c1. The molecule has 2 rings (SSSR count). The lowest BCUT2D eigenvalue weighted by atomic mass is 10.2. The zero-order valence-corrected chi connectivity index (χ0v) is 9.82. The first kappa shape index (κ1) is 11.1. The number of pyridine rings is 1. The Morgan fingerprint density at radius 1 is 1.62 bits per heavy atom. The predicted octanol–water partition coefficient (Wildman–Crippen LogP) is 1.83. The first-order valence-electron chi connectivity index (χ1n) is 4.94. The number of halogens is 1. The van der Waals surface area contributed by atoms with Crippen LogP contribution in [0.1, 0.15) is 23.0 Å². The van der Waals surface area contributed by atoms with Crippen LogP contribution in [0.2, 0.25) is 5.15 Å². The van der Waals surface area contributed by atoms with Gasteiger partial charge in [0.1, 0.15) is 16.5 Å². The van der Waals surface area contributed by atoms with Crippen molar-refractivity contribution in [3.63, 3.8) is 0 Å². The van der Waals surface area contributed by atoms with Crippen LogP contribution < -0.4 is 5.73 Å². The van der Waals surface area contributed by atoms with E-state index in [1.54, 1.807) is 17.5 Å². The average Bonchev–Trinajstić information content (AvgIpc) is 2.54. The van der Waals surface area contributed by atoms with Gasteiger partial charge in [-0.3, -0.25) is 9.20 Å². The molecule has 2 heterocycles. The van der Waals surface area contributed by atoms with Crippen LogP contribution >= 0.6 is 11.6 Å². The molecule has 16 heavy (non-hydrogen) atoms. The first-order valence-corrected chi connectivity index (χ1v) is 5.32. The second kappa shape index (κ2) is 3.88. The average molecular weight is 238 g/mol. The lowest BCUT2D eigenvalue weighted by molar-refractivity contribution is 0.0964. The number of aromatic nitrogens is 2. The van der Waals surface area contributed by atoms with Crippen molar-refractivity contribution in [3.8, 4) is 0 Å². The molecule has 0 aliphatic carbocycles. The number of aryl methyl sites for hydroxylation is 1. The minimum atomic E-state index is -0.594. The zero-order valence-electron chi connectivity index (χ0n) is 9.07. The number of Topliss-reactive ketones (excluding diaryl/α,β-unsaturated/α-hetero) is 1. The van der Waals surface area contributed by atoms with Crippen LogP contribution in [0.25, 0.3) is 5.65 Å². The van der Waals surface area contributed by atoms with E-state index in [0.717, 1.165) is 5.56 Å². The summed E-state index contributed by atoms with van der Waals surface area (Å²) in [5.74, 6) is -0.244. The molecule has 0 saturated carbocycles. The Kier molecular flexibility index (Phi) is 2.69. The number of carbonyl (C=O) groups excluding carboxylic acids is 1. The summed E-state index contributed by atoms with van der Waals surface area (Å²) >= 11 is 6.07. The molecular formula is C11H12ClN3O. The molecule has 0 aromatic carbocycles. The van der Waals surface area contributed by atoms with Crippen LogP contribution in [-0.2, 0) is 0 Å². The van der Waals surface area contributed by atoms with E-state index in [1.165, 1.54) is 0 Å². The second-order valence-corrected chi connectivity index (χ2v) is 4.19. The highest BCUT2D eigenvalue weighted by Gasteiger charge is 2.20. The topological polar surface area (TPSA) is 60.4 Å². The van der Waals surface area contributed by atoms with Gasteiger partial charge in [-0.25, -0.2) is 4.98 Å². The maximum Gasteiger partial charge on any atom is 0.200 e. The van der Waals surface area contributed by atoms with Gasteiger partial charge in [0.2, 0.25) is 5.78 Å². The summed E-state index contributed by atoms with van der Waals surface area (Å²) < 4.78 is 1.67. The Labute approximate surface area is 98.0 Å². The van der Waals surface area contributed by atoms with E-state index in [2.05, 4.69) is 4.98 Å². The number of ketones is 1. The van der Waals surface area contributed by atoms with E-state index in [-0.39, 0.29) is 11.5 Å². The fourth-order valence-corrected chi connectivity index (χ4v) is 1.77. The maximum atomic E-state index is 11.7. The molecule has 0 fully saturated rings. The standard InChI is InChI=1S/C11H12ClN3O/c1-6-3-4-15-8(5-6)14-9(11(15)12)10(16)7(2)13/h3-5,7H,13H2,1-2H3. The molecular weight excluding hydrogens is 226 g/mol. The summed E-state index contributed by atoms with van der Waals surface area (Å²) in [7, 11) is 0. The molecule has 84 valence electrons. The highest BCUT2D eigenvalue weighted by Crippen LogP contribution is 2.20. The molecule has 2 aromatic heterocycles. The predicted molar refractivity (Wildman–Crippen MR) is 62.9 cm³/mol. The molecule has 0 bridgehead atoms. The minimum absolute atomic E-state index is 0.238. The molecule has 2 aromatic rings. The van der Waals surface area contributed by atoms with Gasteiger partial charge in [-0.1, -0.05) is 11.6 Å². The Bertz CT molecular complexity index is 560. The third-order valence-corrected chi connectivity index (χ3v) is 2.73. The number of hydrogen-bond acceptors (Lipinski definition) is 3. The number of carbonyl (C=O) groups is 1. The Morgan fingerprint density at radius 2 is 2.31 bits per heavy atom. The molecule has 0 radical (unpaired) electrons. The number of hydrogen-bond donors (Lipinski definition) is 1. The fourth-order valence-electron chi connectivity index (χ4n) is 1.49. The number of imidazole rings is 1. The maximum absolute atomic E-state index is 11.7. The number of nitrogens with zero attached hydrogens (tertiary/aromatic N) is 2. The van der Waals surface area contributed by atoms with Crippen LogP contribution in [0.5, 0.6) is 0 Å². The van der Waals surface area contributed by atoms with E-state index >= 15 is 0 Å². The molecule has 5 heteroatoms. The summed E-state index contributed by atoms with van der Waals surface area (Å²) in [4.78, 5) is 15.9. The van der Waals surface area contributed by atoms with Gasteiger partial charge >= 0.3 is 0 Å². The summed E-state index contributed by atoms with van der Waals surface area (Å²) in [5, 5.41) is 0.317. The number of fused-ring (bicyclic) bond motifs is 1. The second-order valence-electron chi connectivity index (χ2n) is 3.84. The van der Waals surface area contributed by atoms with Crippen molar-refractivity contribution in [1.82, 2.24) is 9.38 Å². The van der Waals surface area contributed by atoms with Crippen LogP contribution in [0.4, 0.5) is 0 Å². The van der Waals surface area contributed by atoms with Gasteiger partial charge in [-0.15, -0.1) is 0 Å². The van der Waals surface area contributed by atoms with Gasteiger partial charge in [0.05, 0.1) is 6.04 Å². The molecule has 0 amide bonds. The van der Waals surface area contributed by atoms with Crippen molar-refractivity contribution in [2.45, 2.75) is 19.9 Å². The van der Waals surface area contributed by atoms with Gasteiger partial charge in [0, 0.05) is 6.20 Å². The molecule has 1 atom stereocenters. The van der Waals surface area contributed by atoms with Crippen molar-refractivity contribution in [2.75, 3.05) is 0 Å². The van der Waals surface area contributed by atoms with E-state index in [0.29, 0.717) is 10.8 Å². The molecule has 1 unspecified atom stereocenters. The smallest absolute Gasteiger partial charge is 0.200 e. The molecule has 0 aliphatic rings. The van der Waals surface area contributed by atoms with Crippen molar-refractivity contribution < 1.29 is 4.79 Å². The largest absolute Gasteiger partial charge is 0.321 e. The van der Waals surface area contributed by atoms with Crippen molar-refractivity contribution in [3.05, 3.63) is 34.7 Å². The molecule has 0 aliphatic heterocycles. The van der Waals surface area contributed by atoms with Crippen LogP contribution in [0, 0.1) is 6.92 Å². The van der Waals surface area contributed by atoms with E-state index in [4.69, 9.17) is 17.3 Å². The van der Waals surface area contributed by atoms with Gasteiger partial charge in [0.25, 0.3) is 0 Å². The fraction of sp³-hybridized carbons (Fsp3) is 0.273. The Balaban J connectivity index is 2.64. The van der Waals surface area contributed by atoms with Crippen molar-refractivity contribution >= 4 is 23.0 Å². The lowest BCUT2D eigenvalue weighted by Crippen LogP contribution is -2.27. The summed E-state index contributed by atoms with van der Waals surface area (Å²) in [5.41, 5.74) is 7.49. The summed E-state index contributed by atoms with van der Waals surface area (Å²) in [6.07, 6.45) is 1.79. The monoisotopic (exact) mass is 237 g/mol. The number of nitrogens with two attached hydrogens (primary N) is 1. The highest BCUT2D eigenvalue weighted by atomic mass is 35.5. The third kappa shape index (κ3) is 1.70. The summed E-state index contributed by atoms with van der Waals surface area (Å²) in [6, 6.07) is 3.17. The molecule has 4 nitrogen and oxygen atoms in total. The highest BCUT2D eigenvalue weighted by molar-refractivity contribution is 6.33. The molecule has 0 spiro atoms. The van der Waals surface area contributed by atoms with Crippen LogP contribution in [0.3, 0.4) is 0 Å². The van der Waals surface area contributed by atoms with Crippen LogP contribution in [0.15, 0.2) is 18.3 Å². The van der Waals surface area contributed by atoms with E-state index < -0.39 is 6.04 Å². The quantitative estimate of drug-likeness (QED) is 0.811. The van der Waals surface area contributed by atoms with Gasteiger partial charge in [-0.2, -0.15) is 0 Å². The lowest BCUT2D eigenvalue weighted by Gasteiger charge is -2.00. The molecule has 2 N–H and O–H groups in total. The van der Waals surface area contributed by atoms with Crippen molar-refractivity contribution in [2.24, 2.45) is 5.73 Å². The Morgan fingerprint density at radius 3 is 2.94 bits per heavy atom. The first-order chi connectivity index (χ1) is 7.50. The van der Waals surface area contributed by atoms with Crippen molar-refractivity contribution in [1.29, 1.82) is 0 Å².